The van der Waals surface area contributed by atoms with Gasteiger partial charge in [0.2, 0.25) is 11.8 Å². The van der Waals surface area contributed by atoms with E-state index in [-0.39, 0.29) is 17.7 Å². The normalized spacial score (nSPS) is 20.8. The van der Waals surface area contributed by atoms with Crippen LogP contribution in [0.15, 0.2) is 17.0 Å². The van der Waals surface area contributed by atoms with Crippen molar-refractivity contribution < 1.29 is 14.1 Å². The first-order chi connectivity index (χ1) is 7.25. The van der Waals surface area contributed by atoms with Gasteiger partial charge in [0.25, 0.3) is 0 Å². The van der Waals surface area contributed by atoms with Crippen LogP contribution in [0.2, 0.25) is 0 Å². The number of anilines is 1. The summed E-state index contributed by atoms with van der Waals surface area (Å²) in [4.78, 5) is 22.5. The molecule has 0 radical (unpaired) electrons. The van der Waals surface area contributed by atoms with Crippen molar-refractivity contribution in [1.29, 1.82) is 0 Å². The first-order valence-corrected chi connectivity index (χ1v) is 4.72. The summed E-state index contributed by atoms with van der Waals surface area (Å²) in [6, 6.07) is 0. The van der Waals surface area contributed by atoms with Gasteiger partial charge in [-0.2, -0.15) is 0 Å². The van der Waals surface area contributed by atoms with E-state index in [0.717, 1.165) is 0 Å². The molecule has 1 aromatic rings. The molecular weight excluding hydrogens is 198 g/mol. The second kappa shape index (κ2) is 4.12. The molecule has 0 spiro atoms. The standard InChI is InChI=1S/C9H11N3O3/c13-8-2-1-6(3-10-8)9(14)12-7-4-11-15-5-7/h4-6H,1-3H2,(H,10,13)(H,12,14). The molecule has 0 saturated carbocycles. The maximum atomic E-state index is 11.6. The quantitative estimate of drug-likeness (QED) is 0.725. The third-order valence-corrected chi connectivity index (χ3v) is 2.34. The molecule has 2 amide bonds. The number of piperidine rings is 1. The highest BCUT2D eigenvalue weighted by Crippen LogP contribution is 2.13. The van der Waals surface area contributed by atoms with Crippen LogP contribution in [0.5, 0.6) is 0 Å². The number of carbonyl (C=O) groups excluding carboxylic acids is 2. The van der Waals surface area contributed by atoms with Crippen LogP contribution in [-0.2, 0) is 9.59 Å². The monoisotopic (exact) mass is 209 g/mol. The highest BCUT2D eigenvalue weighted by Gasteiger charge is 2.24. The zero-order valence-corrected chi connectivity index (χ0v) is 8.03. The molecule has 1 aromatic heterocycles. The minimum Gasteiger partial charge on any atom is -0.363 e. The third kappa shape index (κ3) is 2.34. The van der Waals surface area contributed by atoms with Gasteiger partial charge in [0.05, 0.1) is 12.1 Å². The largest absolute Gasteiger partial charge is 0.363 e. The Labute approximate surface area is 86.0 Å². The molecule has 0 bridgehead atoms. The molecule has 80 valence electrons. The number of nitrogens with one attached hydrogen (secondary N) is 2. The van der Waals surface area contributed by atoms with Crippen LogP contribution < -0.4 is 10.6 Å². The average Bonchev–Trinajstić information content (AvgIpc) is 2.71. The summed E-state index contributed by atoms with van der Waals surface area (Å²) >= 11 is 0. The molecule has 2 N–H and O–H groups in total. The van der Waals surface area contributed by atoms with E-state index in [2.05, 4.69) is 20.3 Å². The van der Waals surface area contributed by atoms with Crippen molar-refractivity contribution >= 4 is 17.5 Å². The lowest BCUT2D eigenvalue weighted by Crippen LogP contribution is -2.40. The Hall–Kier alpha value is -1.85. The van der Waals surface area contributed by atoms with Crippen molar-refractivity contribution in [3.63, 3.8) is 0 Å². The van der Waals surface area contributed by atoms with Gasteiger partial charge in [-0.05, 0) is 6.42 Å². The van der Waals surface area contributed by atoms with Crippen LogP contribution in [0.4, 0.5) is 5.69 Å². The highest BCUT2D eigenvalue weighted by molar-refractivity contribution is 5.93. The third-order valence-electron chi connectivity index (χ3n) is 2.34. The van der Waals surface area contributed by atoms with Gasteiger partial charge in [-0.3, -0.25) is 9.59 Å². The number of nitrogens with zero attached hydrogens (tertiary/aromatic N) is 1. The number of hydrogen-bond acceptors (Lipinski definition) is 4. The van der Waals surface area contributed by atoms with E-state index in [1.54, 1.807) is 0 Å². The van der Waals surface area contributed by atoms with E-state index in [9.17, 15) is 9.59 Å². The fourth-order valence-corrected chi connectivity index (χ4v) is 1.47. The van der Waals surface area contributed by atoms with Gasteiger partial charge >= 0.3 is 0 Å². The molecule has 0 aliphatic carbocycles. The first kappa shape index (κ1) is 9.70. The lowest BCUT2D eigenvalue weighted by Gasteiger charge is -2.20. The van der Waals surface area contributed by atoms with Gasteiger partial charge in [0.1, 0.15) is 12.0 Å². The van der Waals surface area contributed by atoms with Gasteiger partial charge < -0.3 is 15.2 Å². The zero-order chi connectivity index (χ0) is 10.7. The van der Waals surface area contributed by atoms with E-state index in [1.807, 2.05) is 0 Å². The minimum atomic E-state index is -0.169. The van der Waals surface area contributed by atoms with Gasteiger partial charge in [-0.15, -0.1) is 0 Å². The van der Waals surface area contributed by atoms with Crippen LogP contribution in [0.3, 0.4) is 0 Å². The first-order valence-electron chi connectivity index (χ1n) is 4.72. The lowest BCUT2D eigenvalue weighted by molar-refractivity contribution is -0.126. The molecule has 1 unspecified atom stereocenters. The summed E-state index contributed by atoms with van der Waals surface area (Å²) in [5, 5.41) is 8.79. The topological polar surface area (TPSA) is 84.2 Å². The van der Waals surface area contributed by atoms with E-state index < -0.39 is 0 Å². The molecule has 2 rings (SSSR count). The van der Waals surface area contributed by atoms with Gasteiger partial charge in [-0.25, -0.2) is 0 Å². The molecule has 1 aliphatic rings. The molecule has 1 aliphatic heterocycles. The number of carbonyl (C=O) groups is 2. The van der Waals surface area contributed by atoms with Crippen molar-refractivity contribution in [2.24, 2.45) is 5.92 Å². The van der Waals surface area contributed by atoms with Crippen molar-refractivity contribution in [1.82, 2.24) is 10.5 Å². The van der Waals surface area contributed by atoms with Gasteiger partial charge in [0, 0.05) is 13.0 Å². The van der Waals surface area contributed by atoms with Crippen molar-refractivity contribution in [3.05, 3.63) is 12.5 Å². The fourth-order valence-electron chi connectivity index (χ4n) is 1.47. The molecular formula is C9H11N3O3. The number of aromatic nitrogens is 1. The van der Waals surface area contributed by atoms with E-state index in [0.29, 0.717) is 25.1 Å². The summed E-state index contributed by atoms with van der Waals surface area (Å²) < 4.78 is 4.59. The minimum absolute atomic E-state index is 0.00373. The van der Waals surface area contributed by atoms with E-state index in [1.165, 1.54) is 12.5 Å². The summed E-state index contributed by atoms with van der Waals surface area (Å²) in [7, 11) is 0. The fraction of sp³-hybridized carbons (Fsp3) is 0.444. The van der Waals surface area contributed by atoms with Crippen LogP contribution >= 0.6 is 0 Å². The van der Waals surface area contributed by atoms with Crippen LogP contribution in [-0.4, -0.2) is 23.5 Å². The summed E-state index contributed by atoms with van der Waals surface area (Å²) in [5.41, 5.74) is 0.539. The Morgan fingerprint density at radius 2 is 2.53 bits per heavy atom. The summed E-state index contributed by atoms with van der Waals surface area (Å²) in [6.45, 7) is 0.399. The van der Waals surface area contributed by atoms with Crippen LogP contribution in [0, 0.1) is 5.92 Å². The maximum Gasteiger partial charge on any atom is 0.229 e. The van der Waals surface area contributed by atoms with E-state index >= 15 is 0 Å². The second-order valence-electron chi connectivity index (χ2n) is 3.44. The maximum absolute atomic E-state index is 11.6. The molecule has 6 heteroatoms. The lowest BCUT2D eigenvalue weighted by atomic mass is 9.98. The molecule has 2 heterocycles. The second-order valence-corrected chi connectivity index (χ2v) is 3.44. The zero-order valence-electron chi connectivity index (χ0n) is 8.03. The van der Waals surface area contributed by atoms with Gasteiger partial charge in [-0.1, -0.05) is 5.16 Å². The van der Waals surface area contributed by atoms with E-state index in [4.69, 9.17) is 0 Å². The predicted octanol–water partition coefficient (Wildman–Crippen LogP) is 0.139. The van der Waals surface area contributed by atoms with Crippen molar-refractivity contribution in [2.75, 3.05) is 11.9 Å². The predicted molar refractivity (Wildman–Crippen MR) is 50.9 cm³/mol. The van der Waals surface area contributed by atoms with Crippen molar-refractivity contribution in [3.8, 4) is 0 Å². The summed E-state index contributed by atoms with van der Waals surface area (Å²) in [6.07, 6.45) is 3.78. The number of amides is 2. The molecule has 1 atom stereocenters. The number of rotatable bonds is 2. The Balaban J connectivity index is 1.89. The van der Waals surface area contributed by atoms with Crippen LogP contribution in [0.1, 0.15) is 12.8 Å². The SMILES string of the molecule is O=C1CCC(C(=O)Nc2cnoc2)CN1. The Morgan fingerprint density at radius 1 is 1.67 bits per heavy atom. The molecule has 15 heavy (non-hydrogen) atoms. The highest BCUT2D eigenvalue weighted by atomic mass is 16.5. The Bertz CT molecular complexity index is 351. The molecule has 0 aromatic carbocycles. The smallest absolute Gasteiger partial charge is 0.229 e. The summed E-state index contributed by atoms with van der Waals surface area (Å²) in [5.74, 6) is -0.278. The average molecular weight is 209 g/mol. The molecule has 6 nitrogen and oxygen atoms in total. The Kier molecular flexibility index (Phi) is 2.66. The van der Waals surface area contributed by atoms with Crippen LogP contribution in [0.25, 0.3) is 0 Å². The van der Waals surface area contributed by atoms with Gasteiger partial charge in [0.15, 0.2) is 0 Å². The number of hydrogen-bond donors (Lipinski definition) is 2. The molecule has 1 saturated heterocycles. The Morgan fingerprint density at radius 3 is 3.13 bits per heavy atom. The van der Waals surface area contributed by atoms with Crippen molar-refractivity contribution in [2.45, 2.75) is 12.8 Å². The molecule has 1 fully saturated rings.